The summed E-state index contributed by atoms with van der Waals surface area (Å²) in [6.45, 7) is 3.65. The molecule has 0 radical (unpaired) electrons. The van der Waals surface area contributed by atoms with E-state index in [4.69, 9.17) is 4.74 Å². The number of carbonyl (C=O) groups excluding carboxylic acids is 1. The summed E-state index contributed by atoms with van der Waals surface area (Å²) in [5.41, 5.74) is 0.709. The van der Waals surface area contributed by atoms with Gasteiger partial charge in [-0.1, -0.05) is 19.3 Å². The summed E-state index contributed by atoms with van der Waals surface area (Å²) in [6.07, 6.45) is 4.50. The van der Waals surface area contributed by atoms with Gasteiger partial charge >= 0.3 is 6.09 Å². The third-order valence-corrected chi connectivity index (χ3v) is 6.80. The van der Waals surface area contributed by atoms with Crippen LogP contribution in [0.2, 0.25) is 0 Å². The first-order valence-electron chi connectivity index (χ1n) is 10.1. The molecule has 1 fully saturated rings. The summed E-state index contributed by atoms with van der Waals surface area (Å²) in [7, 11) is -2.19. The van der Waals surface area contributed by atoms with Gasteiger partial charge in [0.25, 0.3) is 15.6 Å². The van der Waals surface area contributed by atoms with Crippen molar-refractivity contribution in [2.75, 3.05) is 16.6 Å². The second kappa shape index (κ2) is 8.95. The maximum atomic E-state index is 13.0. The molecule has 3 rings (SSSR count). The Morgan fingerprint density at radius 1 is 1.17 bits per heavy atom. The van der Waals surface area contributed by atoms with Gasteiger partial charge in [0.2, 0.25) is 0 Å². The standard InChI is InChI=1S/C20H28N4O5S/c1-4-29-20(26)21-15-10-12-17(13-11-15)30(27,28)22-18-14(2)23(3)24(19(18)25)16-8-6-5-7-9-16/h10-13,16,22H,4-9H2,1-3H3,(H,21,26). The van der Waals surface area contributed by atoms with Gasteiger partial charge < -0.3 is 4.74 Å². The van der Waals surface area contributed by atoms with Crippen LogP contribution in [0.15, 0.2) is 34.0 Å². The van der Waals surface area contributed by atoms with Crippen LogP contribution in [0.25, 0.3) is 0 Å². The lowest BCUT2D eigenvalue weighted by Gasteiger charge is -2.24. The van der Waals surface area contributed by atoms with E-state index in [0.717, 1.165) is 32.1 Å². The molecule has 9 nitrogen and oxygen atoms in total. The van der Waals surface area contributed by atoms with Crippen molar-refractivity contribution in [2.24, 2.45) is 7.05 Å². The number of rotatable bonds is 6. The highest BCUT2D eigenvalue weighted by atomic mass is 32.2. The highest BCUT2D eigenvalue weighted by molar-refractivity contribution is 7.92. The smallest absolute Gasteiger partial charge is 0.411 e. The molecule has 1 saturated carbocycles. The van der Waals surface area contributed by atoms with E-state index in [-0.39, 0.29) is 28.8 Å². The third kappa shape index (κ3) is 4.53. The van der Waals surface area contributed by atoms with E-state index in [1.54, 1.807) is 30.3 Å². The Bertz CT molecular complexity index is 1060. The molecule has 0 spiro atoms. The fraction of sp³-hybridized carbons (Fsp3) is 0.500. The van der Waals surface area contributed by atoms with Crippen LogP contribution >= 0.6 is 0 Å². The summed E-state index contributed by atoms with van der Waals surface area (Å²) in [5.74, 6) is 0. The van der Waals surface area contributed by atoms with Crippen molar-refractivity contribution in [2.45, 2.75) is 56.9 Å². The summed E-state index contributed by atoms with van der Waals surface area (Å²) in [4.78, 5) is 24.5. The zero-order chi connectivity index (χ0) is 21.9. The molecule has 1 aliphatic rings. The van der Waals surface area contributed by atoms with Gasteiger partial charge in [-0.05, 0) is 51.0 Å². The molecule has 1 aliphatic carbocycles. The van der Waals surface area contributed by atoms with Crippen LogP contribution < -0.4 is 15.6 Å². The number of nitrogens with one attached hydrogen (secondary N) is 2. The number of amides is 1. The first-order chi connectivity index (χ1) is 14.2. The Kier molecular flexibility index (Phi) is 6.55. The summed E-state index contributed by atoms with van der Waals surface area (Å²) >= 11 is 0. The van der Waals surface area contributed by atoms with Gasteiger partial charge in [0.05, 0.1) is 23.2 Å². The number of ether oxygens (including phenoxy) is 1. The van der Waals surface area contributed by atoms with Crippen LogP contribution in [0.3, 0.4) is 0 Å². The maximum Gasteiger partial charge on any atom is 0.411 e. The molecular formula is C20H28N4O5S. The normalized spacial score (nSPS) is 15.0. The highest BCUT2D eigenvalue weighted by Gasteiger charge is 2.26. The number of hydrogen-bond donors (Lipinski definition) is 2. The predicted octanol–water partition coefficient (Wildman–Crippen LogP) is 3.37. The lowest BCUT2D eigenvalue weighted by atomic mass is 9.96. The molecule has 0 bridgehead atoms. The highest BCUT2D eigenvalue weighted by Crippen LogP contribution is 2.28. The molecule has 10 heteroatoms. The van der Waals surface area contributed by atoms with E-state index < -0.39 is 16.1 Å². The maximum absolute atomic E-state index is 13.0. The third-order valence-electron chi connectivity index (χ3n) is 5.44. The van der Waals surface area contributed by atoms with Crippen molar-refractivity contribution in [1.82, 2.24) is 9.36 Å². The van der Waals surface area contributed by atoms with Crippen molar-refractivity contribution < 1.29 is 17.9 Å². The predicted molar refractivity (Wildman–Crippen MR) is 114 cm³/mol. The fourth-order valence-corrected chi connectivity index (χ4v) is 4.89. The summed E-state index contributed by atoms with van der Waals surface area (Å²) in [5, 5.41) is 2.50. The molecule has 1 amide bonds. The van der Waals surface area contributed by atoms with Crippen molar-refractivity contribution in [1.29, 1.82) is 0 Å². The van der Waals surface area contributed by atoms with Gasteiger partial charge in [0, 0.05) is 12.7 Å². The van der Waals surface area contributed by atoms with E-state index in [0.29, 0.717) is 11.4 Å². The lowest BCUT2D eigenvalue weighted by molar-refractivity contribution is 0.168. The number of nitrogens with zero attached hydrogens (tertiary/aromatic N) is 2. The van der Waals surface area contributed by atoms with Crippen molar-refractivity contribution in [3.8, 4) is 0 Å². The van der Waals surface area contributed by atoms with E-state index in [1.807, 2.05) is 0 Å². The molecule has 1 heterocycles. The van der Waals surface area contributed by atoms with Crippen LogP contribution in [0.4, 0.5) is 16.2 Å². The van der Waals surface area contributed by atoms with Crippen LogP contribution in [0, 0.1) is 6.92 Å². The van der Waals surface area contributed by atoms with Crippen LogP contribution in [0.5, 0.6) is 0 Å². The van der Waals surface area contributed by atoms with Crippen LogP contribution in [0.1, 0.15) is 50.8 Å². The number of anilines is 2. The monoisotopic (exact) mass is 436 g/mol. The molecule has 1 aromatic carbocycles. The van der Waals surface area contributed by atoms with Gasteiger partial charge in [-0.2, -0.15) is 0 Å². The Hall–Kier alpha value is -2.75. The number of hydrogen-bond acceptors (Lipinski definition) is 5. The van der Waals surface area contributed by atoms with Gasteiger partial charge in [-0.15, -0.1) is 0 Å². The molecule has 1 aromatic heterocycles. The molecule has 0 saturated heterocycles. The van der Waals surface area contributed by atoms with E-state index in [2.05, 4.69) is 10.0 Å². The number of benzene rings is 1. The molecule has 164 valence electrons. The first-order valence-corrected chi connectivity index (χ1v) is 11.6. The molecule has 30 heavy (non-hydrogen) atoms. The number of aromatic nitrogens is 2. The number of carbonyl (C=O) groups is 1. The van der Waals surface area contributed by atoms with Crippen LogP contribution in [-0.4, -0.2) is 30.5 Å². The number of sulfonamides is 1. The SMILES string of the molecule is CCOC(=O)Nc1ccc(S(=O)(=O)Nc2c(C)n(C)n(C3CCCCC3)c2=O)cc1. The average molecular weight is 437 g/mol. The van der Waals surface area contributed by atoms with Crippen LogP contribution in [-0.2, 0) is 21.8 Å². The van der Waals surface area contributed by atoms with E-state index >= 15 is 0 Å². The summed E-state index contributed by atoms with van der Waals surface area (Å²) < 4.78 is 36.4. The van der Waals surface area contributed by atoms with Gasteiger partial charge in [0.1, 0.15) is 5.69 Å². The minimum Gasteiger partial charge on any atom is -0.450 e. The molecule has 0 atom stereocenters. The zero-order valence-electron chi connectivity index (χ0n) is 17.5. The summed E-state index contributed by atoms with van der Waals surface area (Å²) in [6, 6.07) is 5.73. The average Bonchev–Trinajstić information content (AvgIpc) is 2.92. The lowest BCUT2D eigenvalue weighted by Crippen LogP contribution is -2.29. The van der Waals surface area contributed by atoms with Gasteiger partial charge in [-0.25, -0.2) is 17.9 Å². The second-order valence-corrected chi connectivity index (χ2v) is 9.08. The molecule has 2 aromatic rings. The van der Waals surface area contributed by atoms with Crippen molar-refractivity contribution in [3.05, 3.63) is 40.3 Å². The first kappa shape index (κ1) is 21.9. The molecular weight excluding hydrogens is 408 g/mol. The van der Waals surface area contributed by atoms with Crippen molar-refractivity contribution in [3.63, 3.8) is 0 Å². The quantitative estimate of drug-likeness (QED) is 0.721. The molecule has 0 aliphatic heterocycles. The van der Waals surface area contributed by atoms with Crippen molar-refractivity contribution >= 4 is 27.5 Å². The Morgan fingerprint density at radius 2 is 1.80 bits per heavy atom. The Morgan fingerprint density at radius 3 is 2.40 bits per heavy atom. The van der Waals surface area contributed by atoms with E-state index in [1.165, 1.54) is 24.3 Å². The largest absolute Gasteiger partial charge is 0.450 e. The molecule has 0 unspecified atom stereocenters. The van der Waals surface area contributed by atoms with Gasteiger partial charge in [0.15, 0.2) is 0 Å². The Labute approximate surface area is 176 Å². The molecule has 2 N–H and O–H groups in total. The zero-order valence-corrected chi connectivity index (χ0v) is 18.3. The second-order valence-electron chi connectivity index (χ2n) is 7.40. The minimum absolute atomic E-state index is 0.0104. The van der Waals surface area contributed by atoms with E-state index in [9.17, 15) is 18.0 Å². The topological polar surface area (TPSA) is 111 Å². The minimum atomic E-state index is -3.97. The van der Waals surface area contributed by atoms with Gasteiger partial charge in [-0.3, -0.25) is 19.5 Å². The Balaban J connectivity index is 1.83. The fourth-order valence-electron chi connectivity index (χ4n) is 3.78.